The lowest BCUT2D eigenvalue weighted by molar-refractivity contribution is -0.152. The van der Waals surface area contributed by atoms with Crippen molar-refractivity contribution in [2.24, 2.45) is 10.8 Å². The molecule has 0 aromatic heterocycles. The Hall–Kier alpha value is -0.570. The first-order valence-electron chi connectivity index (χ1n) is 8.02. The van der Waals surface area contributed by atoms with Crippen molar-refractivity contribution in [3.05, 3.63) is 0 Å². The van der Waals surface area contributed by atoms with Crippen molar-refractivity contribution in [3.8, 4) is 0 Å². The number of carboxylic acids is 1. The zero-order chi connectivity index (χ0) is 13.9. The molecule has 0 atom stereocenters. The SMILES string of the molecule is CCC1(CC)CCN(CC2(C(=O)O)CCCCC2)C1. The zero-order valence-corrected chi connectivity index (χ0v) is 12.6. The molecule has 1 saturated carbocycles. The maximum atomic E-state index is 11.7. The lowest BCUT2D eigenvalue weighted by Crippen LogP contribution is -2.44. The fourth-order valence-corrected chi connectivity index (χ4v) is 4.09. The Morgan fingerprint density at radius 2 is 1.74 bits per heavy atom. The predicted molar refractivity (Wildman–Crippen MR) is 77.2 cm³/mol. The fraction of sp³-hybridized carbons (Fsp3) is 0.938. The molecule has 0 aromatic rings. The van der Waals surface area contributed by atoms with Crippen molar-refractivity contribution >= 4 is 5.97 Å². The first-order valence-corrected chi connectivity index (χ1v) is 8.02. The van der Waals surface area contributed by atoms with E-state index in [9.17, 15) is 9.90 Å². The lowest BCUT2D eigenvalue weighted by atomic mass is 9.73. The molecule has 19 heavy (non-hydrogen) atoms. The van der Waals surface area contributed by atoms with Crippen molar-refractivity contribution in [3.63, 3.8) is 0 Å². The molecule has 0 aromatic carbocycles. The van der Waals surface area contributed by atoms with Crippen LogP contribution in [0.1, 0.15) is 65.2 Å². The molecule has 1 aliphatic carbocycles. The van der Waals surface area contributed by atoms with Gasteiger partial charge in [0.2, 0.25) is 0 Å². The summed E-state index contributed by atoms with van der Waals surface area (Å²) in [7, 11) is 0. The van der Waals surface area contributed by atoms with Gasteiger partial charge in [0.25, 0.3) is 0 Å². The first-order chi connectivity index (χ1) is 9.06. The fourth-order valence-electron chi connectivity index (χ4n) is 4.09. The minimum absolute atomic E-state index is 0.449. The maximum absolute atomic E-state index is 11.7. The predicted octanol–water partition coefficient (Wildman–Crippen LogP) is 3.53. The van der Waals surface area contributed by atoms with Gasteiger partial charge in [-0.2, -0.15) is 0 Å². The number of aliphatic carboxylic acids is 1. The van der Waals surface area contributed by atoms with Crippen LogP contribution in [0.3, 0.4) is 0 Å². The Morgan fingerprint density at radius 1 is 1.11 bits per heavy atom. The Labute approximate surface area is 117 Å². The van der Waals surface area contributed by atoms with Crippen LogP contribution in [-0.2, 0) is 4.79 Å². The van der Waals surface area contributed by atoms with Gasteiger partial charge in [0.05, 0.1) is 5.41 Å². The average molecular weight is 267 g/mol. The van der Waals surface area contributed by atoms with Gasteiger partial charge in [-0.05, 0) is 44.1 Å². The molecule has 1 saturated heterocycles. The molecule has 3 heteroatoms. The highest BCUT2D eigenvalue weighted by atomic mass is 16.4. The van der Waals surface area contributed by atoms with Crippen LogP contribution in [0.15, 0.2) is 0 Å². The molecule has 0 radical (unpaired) electrons. The van der Waals surface area contributed by atoms with E-state index >= 15 is 0 Å². The number of carbonyl (C=O) groups is 1. The molecule has 1 N–H and O–H groups in total. The Balaban J connectivity index is 2.01. The number of likely N-dealkylation sites (tertiary alicyclic amines) is 1. The van der Waals surface area contributed by atoms with Crippen LogP contribution >= 0.6 is 0 Å². The third kappa shape index (κ3) is 2.96. The number of carboxylic acid groups (broad SMARTS) is 1. The molecule has 0 amide bonds. The van der Waals surface area contributed by atoms with E-state index in [-0.39, 0.29) is 0 Å². The van der Waals surface area contributed by atoms with Crippen LogP contribution in [0.25, 0.3) is 0 Å². The van der Waals surface area contributed by atoms with Crippen molar-refractivity contribution in [2.75, 3.05) is 19.6 Å². The summed E-state index contributed by atoms with van der Waals surface area (Å²) in [4.78, 5) is 14.2. The van der Waals surface area contributed by atoms with Gasteiger partial charge in [-0.1, -0.05) is 33.1 Å². The van der Waals surface area contributed by atoms with Crippen molar-refractivity contribution in [2.45, 2.75) is 65.2 Å². The second-order valence-corrected chi connectivity index (χ2v) is 6.81. The highest BCUT2D eigenvalue weighted by Crippen LogP contribution is 2.42. The molecule has 2 fully saturated rings. The van der Waals surface area contributed by atoms with Gasteiger partial charge in [0, 0.05) is 13.1 Å². The largest absolute Gasteiger partial charge is 0.481 e. The number of rotatable bonds is 5. The van der Waals surface area contributed by atoms with E-state index in [1.807, 2.05) is 0 Å². The van der Waals surface area contributed by atoms with E-state index in [1.165, 1.54) is 25.7 Å². The second-order valence-electron chi connectivity index (χ2n) is 6.81. The molecule has 0 unspecified atom stereocenters. The summed E-state index contributed by atoms with van der Waals surface area (Å²) in [6.45, 7) is 7.54. The van der Waals surface area contributed by atoms with E-state index < -0.39 is 11.4 Å². The molecule has 2 aliphatic rings. The minimum Gasteiger partial charge on any atom is -0.481 e. The van der Waals surface area contributed by atoms with Crippen molar-refractivity contribution < 1.29 is 9.90 Å². The molecule has 2 rings (SSSR count). The molecule has 1 heterocycles. The second kappa shape index (κ2) is 5.82. The maximum Gasteiger partial charge on any atom is 0.310 e. The van der Waals surface area contributed by atoms with Crippen LogP contribution in [0.4, 0.5) is 0 Å². The van der Waals surface area contributed by atoms with Crippen molar-refractivity contribution in [1.29, 1.82) is 0 Å². The number of hydrogen-bond acceptors (Lipinski definition) is 2. The van der Waals surface area contributed by atoms with Gasteiger partial charge in [-0.25, -0.2) is 0 Å². The quantitative estimate of drug-likeness (QED) is 0.828. The summed E-state index contributed by atoms with van der Waals surface area (Å²) in [5, 5.41) is 9.67. The standard InChI is InChI=1S/C16H29NO2/c1-3-15(4-2)10-11-17(12-15)13-16(14(18)19)8-6-5-7-9-16/h3-13H2,1-2H3,(H,18,19). The molecule has 110 valence electrons. The summed E-state index contributed by atoms with van der Waals surface area (Å²) < 4.78 is 0. The van der Waals surface area contributed by atoms with Crippen LogP contribution in [0.2, 0.25) is 0 Å². The van der Waals surface area contributed by atoms with Gasteiger partial charge in [0.15, 0.2) is 0 Å². The summed E-state index contributed by atoms with van der Waals surface area (Å²) in [6, 6.07) is 0. The highest BCUT2D eigenvalue weighted by molar-refractivity contribution is 5.75. The lowest BCUT2D eigenvalue weighted by Gasteiger charge is -2.37. The molecule has 0 spiro atoms. The third-order valence-electron chi connectivity index (χ3n) is 5.81. The van der Waals surface area contributed by atoms with Crippen LogP contribution < -0.4 is 0 Å². The minimum atomic E-state index is -0.558. The first kappa shape index (κ1) is 14.8. The van der Waals surface area contributed by atoms with Gasteiger partial charge in [0.1, 0.15) is 0 Å². The van der Waals surface area contributed by atoms with Crippen LogP contribution in [0, 0.1) is 10.8 Å². The van der Waals surface area contributed by atoms with Crippen molar-refractivity contribution in [1.82, 2.24) is 4.90 Å². The molecular formula is C16H29NO2. The topological polar surface area (TPSA) is 40.5 Å². The Morgan fingerprint density at radius 3 is 2.21 bits per heavy atom. The number of hydrogen-bond donors (Lipinski definition) is 1. The van der Waals surface area contributed by atoms with Crippen LogP contribution in [-0.4, -0.2) is 35.6 Å². The van der Waals surface area contributed by atoms with Gasteiger partial charge < -0.3 is 10.0 Å². The molecule has 0 bridgehead atoms. The molecule has 1 aliphatic heterocycles. The van der Waals surface area contributed by atoms with Gasteiger partial charge in [-0.15, -0.1) is 0 Å². The Bertz CT molecular complexity index is 317. The Kier molecular flexibility index (Phi) is 4.54. The van der Waals surface area contributed by atoms with E-state index in [1.54, 1.807) is 0 Å². The summed E-state index contributed by atoms with van der Waals surface area (Å²) in [5.74, 6) is -0.558. The summed E-state index contributed by atoms with van der Waals surface area (Å²) in [6.07, 6.45) is 8.84. The van der Waals surface area contributed by atoms with E-state index in [4.69, 9.17) is 0 Å². The number of nitrogens with zero attached hydrogens (tertiary/aromatic N) is 1. The van der Waals surface area contributed by atoms with E-state index in [2.05, 4.69) is 18.7 Å². The summed E-state index contributed by atoms with van der Waals surface area (Å²) >= 11 is 0. The summed E-state index contributed by atoms with van der Waals surface area (Å²) in [5.41, 5.74) is 0.00414. The van der Waals surface area contributed by atoms with Gasteiger partial charge >= 0.3 is 5.97 Å². The van der Waals surface area contributed by atoms with E-state index in [0.29, 0.717) is 5.41 Å². The van der Waals surface area contributed by atoms with Crippen LogP contribution in [0.5, 0.6) is 0 Å². The highest BCUT2D eigenvalue weighted by Gasteiger charge is 2.44. The molecular weight excluding hydrogens is 238 g/mol. The molecule has 3 nitrogen and oxygen atoms in total. The smallest absolute Gasteiger partial charge is 0.310 e. The van der Waals surface area contributed by atoms with Gasteiger partial charge in [-0.3, -0.25) is 4.79 Å². The van der Waals surface area contributed by atoms with E-state index in [0.717, 1.165) is 45.3 Å². The third-order valence-corrected chi connectivity index (χ3v) is 5.81. The average Bonchev–Trinajstić information content (AvgIpc) is 2.83. The normalized spacial score (nSPS) is 26.4. The zero-order valence-electron chi connectivity index (χ0n) is 12.6. The monoisotopic (exact) mass is 267 g/mol.